The Hall–Kier alpha value is 0.110. The Bertz CT molecular complexity index is 255. The van der Waals surface area contributed by atoms with Crippen LogP contribution in [0.5, 0.6) is 0 Å². The van der Waals surface area contributed by atoms with E-state index in [-0.39, 0.29) is 5.25 Å². The highest BCUT2D eigenvalue weighted by Gasteiger charge is 2.27. The van der Waals surface area contributed by atoms with Crippen LogP contribution in [0.3, 0.4) is 0 Å². The van der Waals surface area contributed by atoms with Crippen LogP contribution >= 0.6 is 0 Å². The molecule has 1 saturated carbocycles. The van der Waals surface area contributed by atoms with Crippen LogP contribution < -0.4 is 5.32 Å². The van der Waals surface area contributed by atoms with E-state index < -0.39 is 10.8 Å². The maximum absolute atomic E-state index is 12.6. The average Bonchev–Trinajstić information content (AvgIpc) is 2.38. The average molecular weight is 288 g/mol. The lowest BCUT2D eigenvalue weighted by Gasteiger charge is -2.28. The maximum atomic E-state index is 12.6. The zero-order chi connectivity index (χ0) is 14.1. The molecule has 0 aliphatic heterocycles. The van der Waals surface area contributed by atoms with Crippen LogP contribution in [0.4, 0.5) is 0 Å². The highest BCUT2D eigenvalue weighted by atomic mass is 32.2. The normalized spacial score (nSPS) is 29.5. The molecule has 3 unspecified atom stereocenters. The summed E-state index contributed by atoms with van der Waals surface area (Å²) in [4.78, 5) is 0. The summed E-state index contributed by atoms with van der Waals surface area (Å²) in [7, 11) is 1.35. The van der Waals surface area contributed by atoms with Gasteiger partial charge in [0.25, 0.3) is 0 Å². The van der Waals surface area contributed by atoms with Crippen LogP contribution in [0.2, 0.25) is 0 Å². The third-order valence-electron chi connectivity index (χ3n) is 4.34. The van der Waals surface area contributed by atoms with E-state index in [0.29, 0.717) is 11.3 Å². The molecule has 0 amide bonds. The Morgan fingerprint density at radius 2 is 1.37 bits per heavy atom. The third kappa shape index (κ3) is 6.40. The van der Waals surface area contributed by atoms with Crippen molar-refractivity contribution in [1.82, 2.24) is 5.32 Å². The molecule has 0 bridgehead atoms. The molecule has 3 atom stereocenters. The number of hydrogen-bond acceptors (Lipinski definition) is 2. The van der Waals surface area contributed by atoms with Gasteiger partial charge in [-0.15, -0.1) is 0 Å². The summed E-state index contributed by atoms with van der Waals surface area (Å²) in [6, 6.07) is 0.447. The van der Waals surface area contributed by atoms with Gasteiger partial charge < -0.3 is 5.32 Å². The van der Waals surface area contributed by atoms with Crippen molar-refractivity contribution in [3.05, 3.63) is 0 Å². The summed E-state index contributed by atoms with van der Waals surface area (Å²) < 4.78 is 12.6. The second-order valence-electron chi connectivity index (χ2n) is 6.22. The van der Waals surface area contributed by atoms with Crippen molar-refractivity contribution in [2.24, 2.45) is 0 Å². The molecule has 1 aliphatic rings. The van der Waals surface area contributed by atoms with E-state index in [2.05, 4.69) is 19.2 Å². The summed E-state index contributed by atoms with van der Waals surface area (Å²) in [5.74, 6) is 0. The fourth-order valence-corrected chi connectivity index (χ4v) is 4.81. The lowest BCUT2D eigenvalue weighted by atomic mass is 9.97. The van der Waals surface area contributed by atoms with Gasteiger partial charge in [0.2, 0.25) is 0 Å². The highest BCUT2D eigenvalue weighted by Crippen LogP contribution is 2.22. The summed E-state index contributed by atoms with van der Waals surface area (Å²) in [5.41, 5.74) is 0. The predicted octanol–water partition coefficient (Wildman–Crippen LogP) is 4.01. The second-order valence-corrected chi connectivity index (χ2v) is 8.42. The van der Waals surface area contributed by atoms with Crippen LogP contribution in [-0.4, -0.2) is 27.8 Å². The van der Waals surface area contributed by atoms with Crippen molar-refractivity contribution in [1.29, 1.82) is 0 Å². The van der Waals surface area contributed by atoms with Gasteiger partial charge in [0, 0.05) is 22.1 Å². The number of hydrogen-bond donors (Lipinski definition) is 1. The second kappa shape index (κ2) is 9.93. The van der Waals surface area contributed by atoms with Crippen LogP contribution in [0, 0.1) is 0 Å². The highest BCUT2D eigenvalue weighted by molar-refractivity contribution is 7.86. The number of rotatable bonds is 3. The van der Waals surface area contributed by atoms with E-state index in [4.69, 9.17) is 0 Å². The monoisotopic (exact) mass is 287 g/mol. The summed E-state index contributed by atoms with van der Waals surface area (Å²) in [5, 5.41) is 4.09. The molecule has 3 heteroatoms. The smallest absolute Gasteiger partial charge is 0.0503 e. The van der Waals surface area contributed by atoms with Gasteiger partial charge in [-0.1, -0.05) is 65.2 Å². The first-order valence-electron chi connectivity index (χ1n) is 8.23. The molecule has 0 radical (unpaired) electrons. The first-order valence-corrected chi connectivity index (χ1v) is 9.51. The first-order chi connectivity index (χ1) is 9.16. The van der Waals surface area contributed by atoms with Gasteiger partial charge in [-0.25, -0.2) is 0 Å². The molecule has 2 nitrogen and oxygen atoms in total. The van der Waals surface area contributed by atoms with Gasteiger partial charge in [-0.05, 0) is 19.9 Å². The minimum Gasteiger partial charge on any atom is -0.316 e. The zero-order valence-electron chi connectivity index (χ0n) is 13.1. The SMILES string of the molecule is CNC1CCCCCCCCCCC1S(=O)C(C)C. The topological polar surface area (TPSA) is 29.1 Å². The standard InChI is InChI=1S/C16H33NOS/c1-14(2)19(18)16-13-11-9-7-5-4-6-8-10-12-15(16)17-3/h14-17H,4-13H2,1-3H3. The third-order valence-corrected chi connectivity index (χ3v) is 6.43. The largest absolute Gasteiger partial charge is 0.316 e. The summed E-state index contributed by atoms with van der Waals surface area (Å²) >= 11 is 0. The molecule has 0 spiro atoms. The van der Waals surface area contributed by atoms with Crippen LogP contribution in [-0.2, 0) is 10.8 Å². The van der Waals surface area contributed by atoms with Crippen molar-refractivity contribution < 1.29 is 4.21 Å². The van der Waals surface area contributed by atoms with Gasteiger partial charge in [0.1, 0.15) is 0 Å². The van der Waals surface area contributed by atoms with Crippen molar-refractivity contribution in [3.63, 3.8) is 0 Å². The maximum Gasteiger partial charge on any atom is 0.0503 e. The van der Waals surface area contributed by atoms with Crippen molar-refractivity contribution in [2.75, 3.05) is 7.05 Å². The molecule has 1 rings (SSSR count). The quantitative estimate of drug-likeness (QED) is 0.849. The van der Waals surface area contributed by atoms with E-state index in [1.807, 2.05) is 7.05 Å². The van der Waals surface area contributed by atoms with Gasteiger partial charge in [0.15, 0.2) is 0 Å². The van der Waals surface area contributed by atoms with Gasteiger partial charge >= 0.3 is 0 Å². The Kier molecular flexibility index (Phi) is 8.97. The lowest BCUT2D eigenvalue weighted by Crippen LogP contribution is -2.42. The molecule has 19 heavy (non-hydrogen) atoms. The fourth-order valence-electron chi connectivity index (χ4n) is 3.12. The minimum atomic E-state index is -0.693. The first kappa shape index (κ1) is 17.2. The van der Waals surface area contributed by atoms with E-state index in [0.717, 1.165) is 6.42 Å². The molecule has 1 fully saturated rings. The molecule has 0 aromatic heterocycles. The Balaban J connectivity index is 2.63. The molecule has 0 heterocycles. The Labute approximate surface area is 122 Å². The van der Waals surface area contributed by atoms with E-state index in [9.17, 15) is 4.21 Å². The summed E-state index contributed by atoms with van der Waals surface area (Å²) in [6.07, 6.45) is 13.1. The fraction of sp³-hybridized carbons (Fsp3) is 1.00. The Morgan fingerprint density at radius 3 is 1.84 bits per heavy atom. The van der Waals surface area contributed by atoms with Crippen molar-refractivity contribution >= 4 is 10.8 Å². The zero-order valence-corrected chi connectivity index (χ0v) is 13.9. The molecule has 0 aromatic rings. The van der Waals surface area contributed by atoms with Crippen LogP contribution in [0.15, 0.2) is 0 Å². The lowest BCUT2D eigenvalue weighted by molar-refractivity contribution is 0.427. The van der Waals surface area contributed by atoms with Crippen molar-refractivity contribution in [3.8, 4) is 0 Å². The molecule has 1 aliphatic carbocycles. The van der Waals surface area contributed by atoms with Gasteiger partial charge in [-0.2, -0.15) is 0 Å². The van der Waals surface area contributed by atoms with Gasteiger partial charge in [0.05, 0.1) is 5.25 Å². The minimum absolute atomic E-state index is 0.286. The van der Waals surface area contributed by atoms with Crippen LogP contribution in [0.25, 0.3) is 0 Å². The predicted molar refractivity (Wildman–Crippen MR) is 86.1 cm³/mol. The summed E-state index contributed by atoms with van der Waals surface area (Å²) in [6.45, 7) is 4.19. The molecule has 114 valence electrons. The number of nitrogens with one attached hydrogen (secondary N) is 1. The van der Waals surface area contributed by atoms with Crippen LogP contribution in [0.1, 0.15) is 78.1 Å². The molecule has 0 saturated heterocycles. The van der Waals surface area contributed by atoms with E-state index in [1.54, 1.807) is 0 Å². The van der Waals surface area contributed by atoms with Crippen molar-refractivity contribution in [2.45, 2.75) is 94.6 Å². The molecular formula is C16H33NOS. The molecular weight excluding hydrogens is 254 g/mol. The van der Waals surface area contributed by atoms with Gasteiger partial charge in [-0.3, -0.25) is 4.21 Å². The molecule has 1 N–H and O–H groups in total. The van der Waals surface area contributed by atoms with E-state index >= 15 is 0 Å². The molecule has 0 aromatic carbocycles. The van der Waals surface area contributed by atoms with E-state index in [1.165, 1.54) is 57.8 Å². The Morgan fingerprint density at radius 1 is 0.895 bits per heavy atom.